The largest absolute Gasteiger partial charge is 0.459 e. The first kappa shape index (κ1) is 14.7. The van der Waals surface area contributed by atoms with E-state index in [0.717, 1.165) is 0 Å². The minimum Gasteiger partial charge on any atom is -0.459 e. The van der Waals surface area contributed by atoms with Gasteiger partial charge in [0.1, 0.15) is 0 Å². The molecular formula is C16H16N4O4. The van der Waals surface area contributed by atoms with Gasteiger partial charge in [-0.2, -0.15) is 5.10 Å². The van der Waals surface area contributed by atoms with Gasteiger partial charge in [-0.3, -0.25) is 19.5 Å². The second kappa shape index (κ2) is 5.33. The van der Waals surface area contributed by atoms with Crippen LogP contribution in [0.2, 0.25) is 0 Å². The number of piperazine rings is 1. The maximum absolute atomic E-state index is 12.6. The van der Waals surface area contributed by atoms with E-state index >= 15 is 0 Å². The number of hydrogen-bond acceptors (Lipinski definition) is 5. The number of aryl methyl sites for hydroxylation is 1. The van der Waals surface area contributed by atoms with E-state index in [-0.39, 0.29) is 35.0 Å². The van der Waals surface area contributed by atoms with Crippen LogP contribution in [0.15, 0.2) is 33.7 Å². The summed E-state index contributed by atoms with van der Waals surface area (Å²) < 4.78 is 5.16. The number of carbonyl (C=O) groups is 2. The number of aromatic amines is 1. The van der Waals surface area contributed by atoms with Gasteiger partial charge in [-0.05, 0) is 25.5 Å². The lowest BCUT2D eigenvalue weighted by Gasteiger charge is -2.33. The van der Waals surface area contributed by atoms with Crippen LogP contribution in [0.4, 0.5) is 0 Å². The Labute approximate surface area is 137 Å². The Morgan fingerprint density at radius 1 is 1.25 bits per heavy atom. The molecule has 0 radical (unpaired) electrons. The highest BCUT2D eigenvalue weighted by Crippen LogP contribution is 2.32. The van der Waals surface area contributed by atoms with Gasteiger partial charge in [0.15, 0.2) is 11.5 Å². The number of hydrogen-bond donors (Lipinski definition) is 1. The predicted octanol–water partition coefficient (Wildman–Crippen LogP) is 0.410. The highest BCUT2D eigenvalue weighted by Gasteiger charge is 2.48. The number of fused-ring (bicyclic) bond motifs is 2. The van der Waals surface area contributed by atoms with Gasteiger partial charge < -0.3 is 14.2 Å². The number of carbonyl (C=O) groups excluding carboxylic acids is 2. The maximum Gasteiger partial charge on any atom is 0.289 e. The molecule has 2 aromatic heterocycles. The van der Waals surface area contributed by atoms with Crippen molar-refractivity contribution in [1.82, 2.24) is 20.0 Å². The van der Waals surface area contributed by atoms with Crippen molar-refractivity contribution in [2.24, 2.45) is 0 Å². The molecule has 2 aliphatic rings. The molecule has 24 heavy (non-hydrogen) atoms. The number of aromatic nitrogens is 2. The van der Waals surface area contributed by atoms with Crippen LogP contribution in [-0.2, 0) is 0 Å². The first-order chi connectivity index (χ1) is 11.5. The monoisotopic (exact) mass is 328 g/mol. The molecule has 2 aromatic rings. The molecule has 0 saturated carbocycles. The van der Waals surface area contributed by atoms with Crippen LogP contribution in [0.5, 0.6) is 0 Å². The molecule has 2 saturated heterocycles. The lowest BCUT2D eigenvalue weighted by molar-refractivity contribution is 0.0505. The third-order valence-electron chi connectivity index (χ3n) is 4.62. The quantitative estimate of drug-likeness (QED) is 0.861. The van der Waals surface area contributed by atoms with Gasteiger partial charge in [0.2, 0.25) is 5.43 Å². The molecule has 1 N–H and O–H groups in total. The van der Waals surface area contributed by atoms with Crippen LogP contribution in [0.25, 0.3) is 0 Å². The first-order valence-electron chi connectivity index (χ1n) is 7.76. The SMILES string of the molecule is Cc1cc(=O)c(C(=O)N2C[C@@H]3C[C@H]2CN3C(=O)c2ccco2)n[nH]1. The van der Waals surface area contributed by atoms with Crippen LogP contribution in [0.3, 0.4) is 0 Å². The van der Waals surface area contributed by atoms with Gasteiger partial charge >= 0.3 is 0 Å². The first-order valence-corrected chi connectivity index (χ1v) is 7.76. The zero-order valence-electron chi connectivity index (χ0n) is 13.1. The molecule has 2 atom stereocenters. The van der Waals surface area contributed by atoms with Gasteiger partial charge in [0.05, 0.1) is 18.3 Å². The summed E-state index contributed by atoms with van der Waals surface area (Å²) in [5.41, 5.74) is 0.120. The molecule has 2 fully saturated rings. The smallest absolute Gasteiger partial charge is 0.289 e. The molecule has 8 heteroatoms. The summed E-state index contributed by atoms with van der Waals surface area (Å²) in [4.78, 5) is 40.3. The molecule has 124 valence electrons. The van der Waals surface area contributed by atoms with Gasteiger partial charge in [-0.15, -0.1) is 0 Å². The summed E-state index contributed by atoms with van der Waals surface area (Å²) in [6.07, 6.45) is 2.18. The van der Waals surface area contributed by atoms with Crippen molar-refractivity contribution in [2.45, 2.75) is 25.4 Å². The van der Waals surface area contributed by atoms with E-state index in [9.17, 15) is 14.4 Å². The Morgan fingerprint density at radius 2 is 1.96 bits per heavy atom. The normalized spacial score (nSPS) is 22.2. The van der Waals surface area contributed by atoms with Crippen LogP contribution >= 0.6 is 0 Å². The Morgan fingerprint density at radius 3 is 2.54 bits per heavy atom. The lowest BCUT2D eigenvalue weighted by atomic mass is 10.2. The molecule has 0 unspecified atom stereocenters. The fourth-order valence-electron chi connectivity index (χ4n) is 3.49. The summed E-state index contributed by atoms with van der Waals surface area (Å²) in [7, 11) is 0. The number of amides is 2. The zero-order chi connectivity index (χ0) is 16.8. The van der Waals surface area contributed by atoms with Crippen molar-refractivity contribution < 1.29 is 14.0 Å². The fourth-order valence-corrected chi connectivity index (χ4v) is 3.49. The van der Waals surface area contributed by atoms with Gasteiger partial charge in [-0.25, -0.2) is 0 Å². The minimum atomic E-state index is -0.387. The molecule has 0 aromatic carbocycles. The number of nitrogens with one attached hydrogen (secondary N) is 1. The molecule has 2 amide bonds. The molecule has 2 aliphatic heterocycles. The Bertz CT molecular complexity index is 857. The molecule has 0 spiro atoms. The number of rotatable bonds is 2. The van der Waals surface area contributed by atoms with Gasteiger partial charge in [0.25, 0.3) is 11.8 Å². The molecule has 4 rings (SSSR count). The molecule has 4 heterocycles. The van der Waals surface area contributed by atoms with E-state index in [4.69, 9.17) is 4.42 Å². The zero-order valence-corrected chi connectivity index (χ0v) is 13.1. The van der Waals surface area contributed by atoms with Crippen molar-refractivity contribution in [3.05, 3.63) is 51.8 Å². The van der Waals surface area contributed by atoms with E-state index in [1.165, 1.54) is 12.3 Å². The van der Waals surface area contributed by atoms with Gasteiger partial charge in [-0.1, -0.05) is 0 Å². The third kappa shape index (κ3) is 2.22. The predicted molar refractivity (Wildman–Crippen MR) is 82.6 cm³/mol. The van der Waals surface area contributed by atoms with Crippen LogP contribution in [0, 0.1) is 6.92 Å². The molecular weight excluding hydrogens is 312 g/mol. The number of furan rings is 1. The third-order valence-corrected chi connectivity index (χ3v) is 4.62. The van der Waals surface area contributed by atoms with Crippen molar-refractivity contribution in [3.63, 3.8) is 0 Å². The number of H-pyrrole nitrogens is 1. The summed E-state index contributed by atoms with van der Waals surface area (Å²) in [6, 6.07) is 4.52. The summed E-state index contributed by atoms with van der Waals surface area (Å²) in [5.74, 6) is -0.239. The Balaban J connectivity index is 1.51. The van der Waals surface area contributed by atoms with E-state index < -0.39 is 0 Å². The Kier molecular flexibility index (Phi) is 3.26. The number of likely N-dealkylation sites (tertiary alicyclic amines) is 2. The van der Waals surface area contributed by atoms with E-state index in [1.54, 1.807) is 28.9 Å². The summed E-state index contributed by atoms with van der Waals surface area (Å²) >= 11 is 0. The second-order valence-corrected chi connectivity index (χ2v) is 6.20. The minimum absolute atomic E-state index is 0.0546. The van der Waals surface area contributed by atoms with Crippen molar-refractivity contribution in [2.75, 3.05) is 13.1 Å². The Hall–Kier alpha value is -2.90. The lowest BCUT2D eigenvalue weighted by Crippen LogP contribution is -2.51. The van der Waals surface area contributed by atoms with E-state index in [2.05, 4.69) is 10.2 Å². The average Bonchev–Trinajstić information content (AvgIpc) is 3.29. The highest BCUT2D eigenvalue weighted by molar-refractivity contribution is 5.94. The standard InChI is InChI=1S/C16H16N4O4/c1-9-5-12(21)14(18-17-9)16(23)20-8-10-6-11(20)7-19(10)15(22)13-3-2-4-24-13/h2-5,10-11H,6-8H2,1H3,(H,17,21)/t10-,11-/m0/s1. The topological polar surface area (TPSA) is 99.5 Å². The average molecular weight is 328 g/mol. The van der Waals surface area contributed by atoms with Crippen LogP contribution in [0.1, 0.15) is 33.2 Å². The maximum atomic E-state index is 12.6. The van der Waals surface area contributed by atoms with E-state index in [0.29, 0.717) is 31.0 Å². The fraction of sp³-hybridized carbons (Fsp3) is 0.375. The second-order valence-electron chi connectivity index (χ2n) is 6.20. The molecule has 0 aliphatic carbocycles. The van der Waals surface area contributed by atoms with Gasteiger partial charge in [0, 0.05) is 24.8 Å². The van der Waals surface area contributed by atoms with Crippen molar-refractivity contribution in [3.8, 4) is 0 Å². The van der Waals surface area contributed by atoms with Crippen molar-refractivity contribution >= 4 is 11.8 Å². The molecule has 2 bridgehead atoms. The van der Waals surface area contributed by atoms with Crippen LogP contribution < -0.4 is 5.43 Å². The molecule has 8 nitrogen and oxygen atoms in total. The van der Waals surface area contributed by atoms with Crippen molar-refractivity contribution in [1.29, 1.82) is 0 Å². The van der Waals surface area contributed by atoms with E-state index in [1.807, 2.05) is 0 Å². The number of nitrogens with zero attached hydrogens (tertiary/aromatic N) is 3. The summed E-state index contributed by atoms with van der Waals surface area (Å²) in [6.45, 7) is 2.56. The highest BCUT2D eigenvalue weighted by atomic mass is 16.3. The summed E-state index contributed by atoms with van der Waals surface area (Å²) in [5, 5.41) is 6.54. The van der Waals surface area contributed by atoms with Crippen LogP contribution in [-0.4, -0.2) is 57.0 Å².